The lowest BCUT2D eigenvalue weighted by atomic mass is 10.1. The summed E-state index contributed by atoms with van der Waals surface area (Å²) in [7, 11) is 0. The van der Waals surface area contributed by atoms with Gasteiger partial charge in [0.25, 0.3) is 5.91 Å². The molecule has 0 unspecified atom stereocenters. The van der Waals surface area contributed by atoms with Crippen LogP contribution in [0.25, 0.3) is 10.9 Å². The van der Waals surface area contributed by atoms with E-state index in [2.05, 4.69) is 20.0 Å². The fraction of sp³-hybridized carbons (Fsp3) is 0.222. The van der Waals surface area contributed by atoms with Gasteiger partial charge in [0.1, 0.15) is 11.6 Å². The topological polar surface area (TPSA) is 67.0 Å². The second-order valence-electron chi connectivity index (χ2n) is 5.91. The van der Waals surface area contributed by atoms with Crippen molar-refractivity contribution in [3.05, 3.63) is 59.8 Å². The van der Waals surface area contributed by atoms with Gasteiger partial charge in [-0.2, -0.15) is 13.2 Å². The number of halogens is 4. The Morgan fingerprint density at radius 3 is 2.74 bits per heavy atom. The number of fused-ring (bicyclic) bond motifs is 1. The summed E-state index contributed by atoms with van der Waals surface area (Å²) < 4.78 is 54.4. The summed E-state index contributed by atoms with van der Waals surface area (Å²) in [5.74, 6) is -0.916. The highest BCUT2D eigenvalue weighted by Gasteiger charge is 2.28. The quantitative estimate of drug-likeness (QED) is 0.653. The number of amides is 1. The number of ether oxygens (including phenoxy) is 1. The summed E-state index contributed by atoms with van der Waals surface area (Å²) in [5, 5.41) is 3.17. The molecule has 2 heterocycles. The highest BCUT2D eigenvalue weighted by atomic mass is 19.4. The van der Waals surface area contributed by atoms with Gasteiger partial charge < -0.3 is 15.0 Å². The van der Waals surface area contributed by atoms with Crippen LogP contribution in [0.5, 0.6) is 5.75 Å². The third kappa shape index (κ3) is 4.55. The average molecular weight is 381 g/mol. The van der Waals surface area contributed by atoms with Crippen LogP contribution < -0.4 is 10.1 Å². The largest absolute Gasteiger partial charge is 0.483 e. The number of H-pyrrole nitrogens is 1. The number of nitrogens with one attached hydrogen (secondary N) is 2. The predicted molar refractivity (Wildman–Crippen MR) is 89.9 cm³/mol. The van der Waals surface area contributed by atoms with Gasteiger partial charge in [0.2, 0.25) is 0 Å². The molecule has 0 radical (unpaired) electrons. The van der Waals surface area contributed by atoms with Crippen LogP contribution in [-0.2, 0) is 0 Å². The normalized spacial score (nSPS) is 12.8. The Labute approximate surface area is 151 Å². The second-order valence-corrected chi connectivity index (χ2v) is 5.91. The maximum Gasteiger partial charge on any atom is 0.422 e. The number of alkyl halides is 3. The minimum absolute atomic E-state index is 0.0262. The standard InChI is InChI=1S/C18H15F4N3O2/c1-10(15-5-3-12(7-23-15)27-9-18(20,21)22)25-17(26)14-8-24-16-4-2-11(19)6-13(14)16/h2-8,10,24H,9H2,1H3,(H,25,26)/t10-/m1/s1. The number of carbonyl (C=O) groups excluding carboxylic acids is 1. The first-order valence-electron chi connectivity index (χ1n) is 7.96. The summed E-state index contributed by atoms with van der Waals surface area (Å²) >= 11 is 0. The van der Waals surface area contributed by atoms with E-state index < -0.39 is 30.5 Å². The molecule has 1 aromatic carbocycles. The highest BCUT2D eigenvalue weighted by molar-refractivity contribution is 6.06. The van der Waals surface area contributed by atoms with E-state index in [1.165, 1.54) is 36.5 Å². The van der Waals surface area contributed by atoms with Crippen LogP contribution in [0, 0.1) is 5.82 Å². The number of hydrogen-bond acceptors (Lipinski definition) is 3. The number of aromatic nitrogens is 2. The molecule has 0 aliphatic heterocycles. The molecule has 3 rings (SSSR count). The van der Waals surface area contributed by atoms with Gasteiger partial charge in [-0.25, -0.2) is 4.39 Å². The first kappa shape index (κ1) is 18.7. The zero-order valence-electron chi connectivity index (χ0n) is 14.1. The second kappa shape index (κ2) is 7.26. The minimum Gasteiger partial charge on any atom is -0.483 e. The molecule has 0 spiro atoms. The van der Waals surface area contributed by atoms with Gasteiger partial charge in [-0.1, -0.05) is 0 Å². The maximum absolute atomic E-state index is 13.4. The molecule has 3 aromatic rings. The van der Waals surface area contributed by atoms with E-state index in [9.17, 15) is 22.4 Å². The zero-order valence-corrected chi connectivity index (χ0v) is 14.1. The molecule has 1 atom stereocenters. The fourth-order valence-corrected chi connectivity index (χ4v) is 2.53. The average Bonchev–Trinajstić information content (AvgIpc) is 3.02. The summed E-state index contributed by atoms with van der Waals surface area (Å²) in [6.07, 6.45) is -1.79. The van der Waals surface area contributed by atoms with E-state index in [1.54, 1.807) is 6.92 Å². The van der Waals surface area contributed by atoms with Crippen LogP contribution >= 0.6 is 0 Å². The molecule has 1 amide bonds. The lowest BCUT2D eigenvalue weighted by Crippen LogP contribution is -2.27. The van der Waals surface area contributed by atoms with E-state index in [-0.39, 0.29) is 11.3 Å². The number of hydrogen-bond donors (Lipinski definition) is 2. The number of benzene rings is 1. The van der Waals surface area contributed by atoms with Crippen LogP contribution in [-0.4, -0.2) is 28.7 Å². The first-order valence-corrected chi connectivity index (χ1v) is 7.96. The van der Waals surface area contributed by atoms with Crippen molar-refractivity contribution in [2.45, 2.75) is 19.1 Å². The third-order valence-electron chi connectivity index (χ3n) is 3.84. The SMILES string of the molecule is C[C@@H](NC(=O)c1c[nH]c2ccc(F)cc12)c1ccc(OCC(F)(F)F)cn1. The van der Waals surface area contributed by atoms with Crippen molar-refractivity contribution in [3.8, 4) is 5.75 Å². The number of pyridine rings is 1. The summed E-state index contributed by atoms with van der Waals surface area (Å²) in [6.45, 7) is 0.267. The zero-order chi connectivity index (χ0) is 19.6. The molecule has 142 valence electrons. The Morgan fingerprint density at radius 1 is 1.30 bits per heavy atom. The van der Waals surface area contributed by atoms with Crippen molar-refractivity contribution in [2.75, 3.05) is 6.61 Å². The smallest absolute Gasteiger partial charge is 0.422 e. The molecule has 5 nitrogen and oxygen atoms in total. The molecule has 9 heteroatoms. The Morgan fingerprint density at radius 2 is 2.07 bits per heavy atom. The molecule has 2 aromatic heterocycles. The molecule has 0 fully saturated rings. The Hall–Kier alpha value is -3.10. The van der Waals surface area contributed by atoms with Crippen LogP contribution in [0.3, 0.4) is 0 Å². The number of nitrogens with zero attached hydrogens (tertiary/aromatic N) is 1. The molecule has 0 bridgehead atoms. The highest BCUT2D eigenvalue weighted by Crippen LogP contribution is 2.22. The molecule has 0 saturated heterocycles. The maximum atomic E-state index is 13.4. The van der Waals surface area contributed by atoms with E-state index in [0.717, 1.165) is 6.20 Å². The van der Waals surface area contributed by atoms with Crippen LogP contribution in [0.15, 0.2) is 42.7 Å². The summed E-state index contributed by atoms with van der Waals surface area (Å²) in [4.78, 5) is 19.4. The lowest BCUT2D eigenvalue weighted by molar-refractivity contribution is -0.153. The van der Waals surface area contributed by atoms with Gasteiger partial charge >= 0.3 is 6.18 Å². The lowest BCUT2D eigenvalue weighted by Gasteiger charge is -2.14. The van der Waals surface area contributed by atoms with Gasteiger partial charge in [-0.15, -0.1) is 0 Å². The summed E-state index contributed by atoms with van der Waals surface area (Å²) in [6, 6.07) is 6.37. The van der Waals surface area contributed by atoms with Crippen molar-refractivity contribution in [1.29, 1.82) is 0 Å². The van der Waals surface area contributed by atoms with Gasteiger partial charge in [0.15, 0.2) is 6.61 Å². The van der Waals surface area contributed by atoms with E-state index >= 15 is 0 Å². The molecule has 2 N–H and O–H groups in total. The molecule has 27 heavy (non-hydrogen) atoms. The van der Waals surface area contributed by atoms with Gasteiger partial charge in [-0.3, -0.25) is 9.78 Å². The number of carbonyl (C=O) groups is 1. The molecule has 0 aliphatic carbocycles. The molecular formula is C18H15F4N3O2. The Balaban J connectivity index is 1.68. The predicted octanol–water partition coefficient (Wildman–Crippen LogP) is 4.13. The minimum atomic E-state index is -4.43. The Kier molecular flexibility index (Phi) is 5.02. The Bertz CT molecular complexity index is 951. The molecule has 0 saturated carbocycles. The number of rotatable bonds is 5. The van der Waals surface area contributed by atoms with Crippen molar-refractivity contribution in [2.24, 2.45) is 0 Å². The van der Waals surface area contributed by atoms with Crippen molar-refractivity contribution in [3.63, 3.8) is 0 Å². The van der Waals surface area contributed by atoms with Crippen molar-refractivity contribution in [1.82, 2.24) is 15.3 Å². The number of aromatic amines is 1. The van der Waals surface area contributed by atoms with E-state index in [4.69, 9.17) is 0 Å². The van der Waals surface area contributed by atoms with Crippen molar-refractivity contribution < 1.29 is 27.1 Å². The first-order chi connectivity index (χ1) is 12.7. The van der Waals surface area contributed by atoms with Crippen LogP contribution in [0.2, 0.25) is 0 Å². The van der Waals surface area contributed by atoms with Crippen molar-refractivity contribution >= 4 is 16.8 Å². The van der Waals surface area contributed by atoms with E-state index in [1.807, 2.05) is 0 Å². The molecule has 0 aliphatic rings. The van der Waals surface area contributed by atoms with Gasteiger partial charge in [0.05, 0.1) is 23.5 Å². The van der Waals surface area contributed by atoms with Crippen LogP contribution in [0.4, 0.5) is 17.6 Å². The summed E-state index contributed by atoms with van der Waals surface area (Å²) in [5.41, 5.74) is 1.34. The monoisotopic (exact) mass is 381 g/mol. The third-order valence-corrected chi connectivity index (χ3v) is 3.84. The van der Waals surface area contributed by atoms with Gasteiger partial charge in [0, 0.05) is 17.1 Å². The fourth-order valence-electron chi connectivity index (χ4n) is 2.53. The van der Waals surface area contributed by atoms with E-state index in [0.29, 0.717) is 16.6 Å². The molecular weight excluding hydrogens is 366 g/mol. The van der Waals surface area contributed by atoms with Crippen LogP contribution in [0.1, 0.15) is 29.0 Å². The van der Waals surface area contributed by atoms with Gasteiger partial charge in [-0.05, 0) is 37.3 Å².